The SMILES string of the molecule is CN(CCc1ccncc1)C(=O)CC(=O)NC1CCCCC1. The highest BCUT2D eigenvalue weighted by molar-refractivity contribution is 5.96. The van der Waals surface area contributed by atoms with Gasteiger partial charge in [-0.05, 0) is 37.0 Å². The van der Waals surface area contributed by atoms with Crippen LogP contribution in [0.2, 0.25) is 0 Å². The van der Waals surface area contributed by atoms with Gasteiger partial charge in [-0.25, -0.2) is 0 Å². The van der Waals surface area contributed by atoms with Crippen LogP contribution < -0.4 is 5.32 Å². The van der Waals surface area contributed by atoms with Gasteiger partial charge < -0.3 is 10.2 Å². The molecule has 0 aliphatic heterocycles. The van der Waals surface area contributed by atoms with E-state index in [9.17, 15) is 9.59 Å². The molecule has 1 saturated carbocycles. The maximum atomic E-state index is 12.1. The Bertz CT molecular complexity index is 484. The van der Waals surface area contributed by atoms with E-state index in [0.29, 0.717) is 6.54 Å². The first kappa shape index (κ1) is 16.5. The van der Waals surface area contributed by atoms with Crippen molar-refractivity contribution in [1.82, 2.24) is 15.2 Å². The predicted molar refractivity (Wildman–Crippen MR) is 85.2 cm³/mol. The Hall–Kier alpha value is -1.91. The van der Waals surface area contributed by atoms with E-state index in [2.05, 4.69) is 10.3 Å². The minimum Gasteiger partial charge on any atom is -0.353 e. The molecular formula is C17H25N3O2. The Morgan fingerprint density at radius 3 is 2.59 bits per heavy atom. The van der Waals surface area contributed by atoms with Crippen LogP contribution in [-0.2, 0) is 16.0 Å². The molecule has 1 aromatic rings. The van der Waals surface area contributed by atoms with Crippen molar-refractivity contribution in [1.29, 1.82) is 0 Å². The third kappa shape index (κ3) is 5.47. The van der Waals surface area contributed by atoms with E-state index >= 15 is 0 Å². The van der Waals surface area contributed by atoms with Crippen molar-refractivity contribution in [3.05, 3.63) is 30.1 Å². The zero-order valence-corrected chi connectivity index (χ0v) is 13.3. The lowest BCUT2D eigenvalue weighted by atomic mass is 9.95. The number of pyridine rings is 1. The molecule has 2 rings (SSSR count). The average Bonchev–Trinajstić information content (AvgIpc) is 2.54. The summed E-state index contributed by atoms with van der Waals surface area (Å²) >= 11 is 0. The number of hydrogen-bond donors (Lipinski definition) is 1. The molecular weight excluding hydrogens is 278 g/mol. The molecule has 1 heterocycles. The first-order valence-corrected chi connectivity index (χ1v) is 8.07. The van der Waals surface area contributed by atoms with E-state index < -0.39 is 0 Å². The third-order valence-electron chi connectivity index (χ3n) is 4.19. The van der Waals surface area contributed by atoms with Crippen LogP contribution in [0.1, 0.15) is 44.1 Å². The first-order chi connectivity index (χ1) is 10.6. The van der Waals surface area contributed by atoms with E-state index in [0.717, 1.165) is 24.8 Å². The van der Waals surface area contributed by atoms with Gasteiger partial charge in [-0.2, -0.15) is 0 Å². The van der Waals surface area contributed by atoms with Crippen LogP contribution in [-0.4, -0.2) is 41.3 Å². The van der Waals surface area contributed by atoms with Gasteiger partial charge in [0.25, 0.3) is 0 Å². The van der Waals surface area contributed by atoms with Crippen molar-refractivity contribution in [2.24, 2.45) is 0 Å². The number of nitrogens with one attached hydrogen (secondary N) is 1. The highest BCUT2D eigenvalue weighted by Crippen LogP contribution is 2.17. The summed E-state index contributed by atoms with van der Waals surface area (Å²) in [6, 6.07) is 4.14. The van der Waals surface area contributed by atoms with E-state index in [1.807, 2.05) is 12.1 Å². The fraction of sp³-hybridized carbons (Fsp3) is 0.588. The summed E-state index contributed by atoms with van der Waals surface area (Å²) < 4.78 is 0. The molecule has 1 N–H and O–H groups in total. The number of nitrogens with zero attached hydrogens (tertiary/aromatic N) is 2. The van der Waals surface area contributed by atoms with Crippen molar-refractivity contribution >= 4 is 11.8 Å². The van der Waals surface area contributed by atoms with E-state index in [4.69, 9.17) is 0 Å². The van der Waals surface area contributed by atoms with Crippen LogP contribution in [0.25, 0.3) is 0 Å². The summed E-state index contributed by atoms with van der Waals surface area (Å²) in [6.45, 7) is 0.611. The Kier molecular flexibility index (Phi) is 6.37. The molecule has 0 radical (unpaired) electrons. The number of hydrogen-bond acceptors (Lipinski definition) is 3. The smallest absolute Gasteiger partial charge is 0.231 e. The second-order valence-corrected chi connectivity index (χ2v) is 6.00. The number of likely N-dealkylation sites (N-methyl/N-ethyl adjacent to an activating group) is 1. The van der Waals surface area contributed by atoms with Gasteiger partial charge in [0.05, 0.1) is 0 Å². The van der Waals surface area contributed by atoms with Gasteiger partial charge in [0.15, 0.2) is 0 Å². The maximum Gasteiger partial charge on any atom is 0.231 e. The topological polar surface area (TPSA) is 62.3 Å². The molecule has 0 aromatic carbocycles. The van der Waals surface area contributed by atoms with Crippen LogP contribution in [0, 0.1) is 0 Å². The molecule has 5 heteroatoms. The summed E-state index contributed by atoms with van der Waals surface area (Å²) in [5.74, 6) is -0.268. The summed E-state index contributed by atoms with van der Waals surface area (Å²) in [6.07, 6.45) is 9.88. The van der Waals surface area contributed by atoms with Crippen LogP contribution in [0.5, 0.6) is 0 Å². The molecule has 120 valence electrons. The van der Waals surface area contributed by atoms with Crippen molar-refractivity contribution in [3.63, 3.8) is 0 Å². The lowest BCUT2D eigenvalue weighted by molar-refractivity contribution is -0.135. The molecule has 0 atom stereocenters. The van der Waals surface area contributed by atoms with Crippen LogP contribution in [0.4, 0.5) is 0 Å². The standard InChI is InChI=1S/C17H25N3O2/c1-20(12-9-14-7-10-18-11-8-14)17(22)13-16(21)19-15-5-3-2-4-6-15/h7-8,10-11,15H,2-6,9,12-13H2,1H3,(H,19,21). The molecule has 0 unspecified atom stereocenters. The van der Waals surface area contributed by atoms with E-state index in [1.54, 1.807) is 24.3 Å². The van der Waals surface area contributed by atoms with Crippen molar-refractivity contribution < 1.29 is 9.59 Å². The Morgan fingerprint density at radius 2 is 1.91 bits per heavy atom. The Labute approximate surface area is 132 Å². The largest absolute Gasteiger partial charge is 0.353 e. The van der Waals surface area contributed by atoms with Gasteiger partial charge in [-0.1, -0.05) is 19.3 Å². The van der Waals surface area contributed by atoms with Crippen molar-refractivity contribution in [2.45, 2.75) is 51.0 Å². The monoisotopic (exact) mass is 303 g/mol. The van der Waals surface area contributed by atoms with Gasteiger partial charge in [0, 0.05) is 32.0 Å². The minimum absolute atomic E-state index is 0.0522. The van der Waals surface area contributed by atoms with E-state index in [1.165, 1.54) is 19.3 Å². The van der Waals surface area contributed by atoms with Gasteiger partial charge in [0.1, 0.15) is 6.42 Å². The van der Waals surface area contributed by atoms with E-state index in [-0.39, 0.29) is 24.3 Å². The summed E-state index contributed by atoms with van der Waals surface area (Å²) in [5, 5.41) is 2.98. The summed E-state index contributed by atoms with van der Waals surface area (Å²) in [7, 11) is 1.75. The van der Waals surface area contributed by atoms with Crippen molar-refractivity contribution in [3.8, 4) is 0 Å². The molecule has 1 fully saturated rings. The van der Waals surface area contributed by atoms with Gasteiger partial charge in [-0.15, -0.1) is 0 Å². The predicted octanol–water partition coefficient (Wildman–Crippen LogP) is 1.92. The Balaban J connectivity index is 1.69. The number of aromatic nitrogens is 1. The van der Waals surface area contributed by atoms with Crippen LogP contribution >= 0.6 is 0 Å². The number of rotatable bonds is 6. The molecule has 1 aliphatic rings. The highest BCUT2D eigenvalue weighted by atomic mass is 16.2. The molecule has 0 bridgehead atoms. The number of amides is 2. The fourth-order valence-corrected chi connectivity index (χ4v) is 2.77. The second-order valence-electron chi connectivity index (χ2n) is 6.00. The summed E-state index contributed by atoms with van der Waals surface area (Å²) in [5.41, 5.74) is 1.14. The second kappa shape index (κ2) is 8.51. The maximum absolute atomic E-state index is 12.1. The lowest BCUT2D eigenvalue weighted by Crippen LogP contribution is -2.39. The van der Waals surface area contributed by atoms with Crippen LogP contribution in [0.3, 0.4) is 0 Å². The number of carbonyl (C=O) groups is 2. The first-order valence-electron chi connectivity index (χ1n) is 8.07. The molecule has 1 aromatic heterocycles. The normalized spacial score (nSPS) is 15.3. The van der Waals surface area contributed by atoms with Crippen LogP contribution in [0.15, 0.2) is 24.5 Å². The van der Waals surface area contributed by atoms with Gasteiger partial charge in [-0.3, -0.25) is 14.6 Å². The number of carbonyl (C=O) groups excluding carboxylic acids is 2. The zero-order chi connectivity index (χ0) is 15.8. The third-order valence-corrected chi connectivity index (χ3v) is 4.19. The lowest BCUT2D eigenvalue weighted by Gasteiger charge is -2.23. The molecule has 0 saturated heterocycles. The molecule has 0 spiro atoms. The molecule has 1 aliphatic carbocycles. The highest BCUT2D eigenvalue weighted by Gasteiger charge is 2.19. The Morgan fingerprint density at radius 1 is 1.23 bits per heavy atom. The quantitative estimate of drug-likeness (QED) is 0.817. The van der Waals surface area contributed by atoms with Crippen molar-refractivity contribution in [2.75, 3.05) is 13.6 Å². The molecule has 2 amide bonds. The average molecular weight is 303 g/mol. The van der Waals surface area contributed by atoms with Gasteiger partial charge >= 0.3 is 0 Å². The molecule has 5 nitrogen and oxygen atoms in total. The minimum atomic E-state index is -0.146. The summed E-state index contributed by atoms with van der Waals surface area (Å²) in [4.78, 5) is 29.6. The zero-order valence-electron chi connectivity index (χ0n) is 13.3. The fourth-order valence-electron chi connectivity index (χ4n) is 2.77. The molecule has 22 heavy (non-hydrogen) atoms. The van der Waals surface area contributed by atoms with Gasteiger partial charge in [0.2, 0.25) is 11.8 Å².